The van der Waals surface area contributed by atoms with Crippen LogP contribution in [0.1, 0.15) is 32.6 Å². The first-order valence-electron chi connectivity index (χ1n) is 5.95. The van der Waals surface area contributed by atoms with Gasteiger partial charge in [-0.1, -0.05) is 18.5 Å². The lowest BCUT2D eigenvalue weighted by atomic mass is 9.82. The standard InChI is InChI=1S/C12H16ClN3O/c1-8-2-4-9(5-3-8)12(17)14-11-7-6-10(13)15-16-11/h6-9H,2-5H2,1H3,(H,14,16,17). The summed E-state index contributed by atoms with van der Waals surface area (Å²) in [5.74, 6) is 1.38. The van der Waals surface area contributed by atoms with Gasteiger partial charge >= 0.3 is 0 Å². The van der Waals surface area contributed by atoms with Crippen molar-refractivity contribution in [1.29, 1.82) is 0 Å². The van der Waals surface area contributed by atoms with Crippen molar-refractivity contribution < 1.29 is 4.79 Å². The summed E-state index contributed by atoms with van der Waals surface area (Å²) >= 11 is 5.63. The molecule has 0 aromatic carbocycles. The van der Waals surface area contributed by atoms with E-state index in [0.717, 1.165) is 31.6 Å². The topological polar surface area (TPSA) is 54.9 Å². The van der Waals surface area contributed by atoms with Crippen molar-refractivity contribution in [2.45, 2.75) is 32.6 Å². The van der Waals surface area contributed by atoms with Crippen molar-refractivity contribution >= 4 is 23.3 Å². The molecule has 2 rings (SSSR count). The highest BCUT2D eigenvalue weighted by atomic mass is 35.5. The summed E-state index contributed by atoms with van der Waals surface area (Å²) in [5.41, 5.74) is 0. The summed E-state index contributed by atoms with van der Waals surface area (Å²) in [6, 6.07) is 3.28. The highest BCUT2D eigenvalue weighted by Gasteiger charge is 2.24. The Hall–Kier alpha value is -1.16. The quantitative estimate of drug-likeness (QED) is 0.882. The Morgan fingerprint density at radius 1 is 1.29 bits per heavy atom. The van der Waals surface area contributed by atoms with E-state index in [1.807, 2.05) is 0 Å². The van der Waals surface area contributed by atoms with Gasteiger partial charge in [-0.2, -0.15) is 0 Å². The normalized spacial score (nSPS) is 24.4. The van der Waals surface area contributed by atoms with Gasteiger partial charge < -0.3 is 5.32 Å². The molecule has 0 aliphatic heterocycles. The van der Waals surface area contributed by atoms with Gasteiger partial charge in [-0.15, -0.1) is 10.2 Å². The molecule has 1 N–H and O–H groups in total. The maximum atomic E-state index is 11.9. The Bertz CT molecular complexity index is 385. The third-order valence-electron chi connectivity index (χ3n) is 3.27. The number of nitrogens with zero attached hydrogens (tertiary/aromatic N) is 2. The van der Waals surface area contributed by atoms with E-state index in [1.165, 1.54) is 0 Å². The Morgan fingerprint density at radius 3 is 2.59 bits per heavy atom. The molecule has 1 fully saturated rings. The van der Waals surface area contributed by atoms with Crippen LogP contribution in [0.3, 0.4) is 0 Å². The highest BCUT2D eigenvalue weighted by Crippen LogP contribution is 2.28. The van der Waals surface area contributed by atoms with Crippen LogP contribution in [0.4, 0.5) is 5.82 Å². The Morgan fingerprint density at radius 2 is 2.00 bits per heavy atom. The molecule has 5 heteroatoms. The number of carbonyl (C=O) groups excluding carboxylic acids is 1. The predicted molar refractivity (Wildman–Crippen MR) is 66.8 cm³/mol. The van der Waals surface area contributed by atoms with E-state index in [-0.39, 0.29) is 11.8 Å². The molecule has 1 aliphatic rings. The molecular formula is C12H16ClN3O. The molecule has 17 heavy (non-hydrogen) atoms. The SMILES string of the molecule is CC1CCC(C(=O)Nc2ccc(Cl)nn2)CC1. The number of hydrogen-bond acceptors (Lipinski definition) is 3. The minimum absolute atomic E-state index is 0.0496. The second-order valence-electron chi connectivity index (χ2n) is 4.69. The van der Waals surface area contributed by atoms with E-state index >= 15 is 0 Å². The molecule has 1 amide bonds. The molecule has 0 radical (unpaired) electrons. The first-order chi connectivity index (χ1) is 8.15. The summed E-state index contributed by atoms with van der Waals surface area (Å²) in [4.78, 5) is 11.9. The number of rotatable bonds is 2. The zero-order valence-corrected chi connectivity index (χ0v) is 10.6. The summed E-state index contributed by atoms with van der Waals surface area (Å²) in [6.07, 6.45) is 4.19. The molecule has 0 bridgehead atoms. The van der Waals surface area contributed by atoms with Gasteiger partial charge in [-0.25, -0.2) is 0 Å². The smallest absolute Gasteiger partial charge is 0.228 e. The lowest BCUT2D eigenvalue weighted by Crippen LogP contribution is -2.27. The van der Waals surface area contributed by atoms with Crippen molar-refractivity contribution in [2.24, 2.45) is 11.8 Å². The number of carbonyl (C=O) groups is 1. The fraction of sp³-hybridized carbons (Fsp3) is 0.583. The second-order valence-corrected chi connectivity index (χ2v) is 5.07. The Labute approximate surface area is 106 Å². The summed E-state index contributed by atoms with van der Waals surface area (Å²) in [6.45, 7) is 2.23. The summed E-state index contributed by atoms with van der Waals surface area (Å²) in [7, 11) is 0. The predicted octanol–water partition coefficient (Wildman–Crippen LogP) is 2.89. The maximum absolute atomic E-state index is 11.9. The van der Waals surface area contributed by atoms with Gasteiger partial charge in [-0.05, 0) is 43.7 Å². The molecule has 4 nitrogen and oxygen atoms in total. The van der Waals surface area contributed by atoms with E-state index < -0.39 is 0 Å². The van der Waals surface area contributed by atoms with Gasteiger partial charge in [0.1, 0.15) is 0 Å². The van der Waals surface area contributed by atoms with Crippen LogP contribution >= 0.6 is 11.6 Å². The molecule has 1 aromatic heterocycles. The molecule has 0 atom stereocenters. The van der Waals surface area contributed by atoms with Gasteiger partial charge in [0.2, 0.25) is 5.91 Å². The van der Waals surface area contributed by atoms with E-state index in [2.05, 4.69) is 22.4 Å². The third-order valence-corrected chi connectivity index (χ3v) is 3.47. The van der Waals surface area contributed by atoms with Crippen LogP contribution in [0.2, 0.25) is 5.15 Å². The van der Waals surface area contributed by atoms with Crippen molar-refractivity contribution in [3.8, 4) is 0 Å². The number of anilines is 1. The zero-order chi connectivity index (χ0) is 12.3. The van der Waals surface area contributed by atoms with Gasteiger partial charge in [0.15, 0.2) is 11.0 Å². The van der Waals surface area contributed by atoms with Crippen LogP contribution in [-0.2, 0) is 4.79 Å². The van der Waals surface area contributed by atoms with Crippen LogP contribution in [0.15, 0.2) is 12.1 Å². The number of nitrogens with one attached hydrogen (secondary N) is 1. The second kappa shape index (κ2) is 5.45. The molecule has 0 spiro atoms. The Balaban J connectivity index is 1.90. The Kier molecular flexibility index (Phi) is 3.94. The van der Waals surface area contributed by atoms with Gasteiger partial charge in [0, 0.05) is 5.92 Å². The molecular weight excluding hydrogens is 238 g/mol. The summed E-state index contributed by atoms with van der Waals surface area (Å²) in [5, 5.41) is 10.6. The minimum Gasteiger partial charge on any atom is -0.309 e. The lowest BCUT2D eigenvalue weighted by Gasteiger charge is -2.24. The molecule has 1 aromatic rings. The van der Waals surface area contributed by atoms with Crippen molar-refractivity contribution in [2.75, 3.05) is 5.32 Å². The average molecular weight is 254 g/mol. The third kappa shape index (κ3) is 3.40. The fourth-order valence-electron chi connectivity index (χ4n) is 2.13. The van der Waals surface area contributed by atoms with Gasteiger partial charge in [0.25, 0.3) is 0 Å². The first-order valence-corrected chi connectivity index (χ1v) is 6.33. The molecule has 1 heterocycles. The van der Waals surface area contributed by atoms with Crippen LogP contribution in [0.25, 0.3) is 0 Å². The minimum atomic E-state index is 0.0496. The first kappa shape index (κ1) is 12.3. The van der Waals surface area contributed by atoms with Crippen LogP contribution in [-0.4, -0.2) is 16.1 Å². The molecule has 1 aliphatic carbocycles. The monoisotopic (exact) mass is 253 g/mol. The van der Waals surface area contributed by atoms with E-state index in [1.54, 1.807) is 12.1 Å². The van der Waals surface area contributed by atoms with Crippen LogP contribution < -0.4 is 5.32 Å². The van der Waals surface area contributed by atoms with Crippen LogP contribution in [0.5, 0.6) is 0 Å². The van der Waals surface area contributed by atoms with Gasteiger partial charge in [-0.3, -0.25) is 4.79 Å². The molecule has 0 saturated heterocycles. The number of hydrogen-bond donors (Lipinski definition) is 1. The molecule has 92 valence electrons. The molecule has 1 saturated carbocycles. The zero-order valence-electron chi connectivity index (χ0n) is 9.82. The highest BCUT2D eigenvalue weighted by molar-refractivity contribution is 6.29. The van der Waals surface area contributed by atoms with Crippen LogP contribution in [0, 0.1) is 11.8 Å². The average Bonchev–Trinajstić information content (AvgIpc) is 2.33. The fourth-order valence-corrected chi connectivity index (χ4v) is 2.23. The van der Waals surface area contributed by atoms with Crippen molar-refractivity contribution in [3.63, 3.8) is 0 Å². The number of amides is 1. The van der Waals surface area contributed by atoms with Crippen molar-refractivity contribution in [3.05, 3.63) is 17.3 Å². The van der Waals surface area contributed by atoms with Crippen molar-refractivity contribution in [1.82, 2.24) is 10.2 Å². The van der Waals surface area contributed by atoms with E-state index in [0.29, 0.717) is 11.0 Å². The lowest BCUT2D eigenvalue weighted by molar-refractivity contribution is -0.121. The van der Waals surface area contributed by atoms with Gasteiger partial charge in [0.05, 0.1) is 0 Å². The van der Waals surface area contributed by atoms with E-state index in [4.69, 9.17) is 11.6 Å². The van der Waals surface area contributed by atoms with E-state index in [9.17, 15) is 4.79 Å². The number of aromatic nitrogens is 2. The maximum Gasteiger partial charge on any atom is 0.228 e. The summed E-state index contributed by atoms with van der Waals surface area (Å²) < 4.78 is 0. The molecule has 0 unspecified atom stereocenters. The largest absolute Gasteiger partial charge is 0.309 e. The number of halogens is 1.